The summed E-state index contributed by atoms with van der Waals surface area (Å²) in [7, 11) is 0. The molecule has 48 heavy (non-hydrogen) atoms. The minimum absolute atomic E-state index is 0.101. The van der Waals surface area contributed by atoms with E-state index in [1.165, 1.54) is 18.2 Å². The molecule has 2 aliphatic rings. The van der Waals surface area contributed by atoms with Crippen LogP contribution in [-0.2, 0) is 9.53 Å². The first kappa shape index (κ1) is 34.3. The normalized spacial score (nSPS) is 20.5. The van der Waals surface area contributed by atoms with Gasteiger partial charge in [0, 0.05) is 55.6 Å². The highest BCUT2D eigenvalue weighted by molar-refractivity contribution is 5.80. The van der Waals surface area contributed by atoms with E-state index in [2.05, 4.69) is 38.2 Å². The lowest BCUT2D eigenvalue weighted by molar-refractivity contribution is -0.143. The van der Waals surface area contributed by atoms with Crippen molar-refractivity contribution in [1.29, 1.82) is 5.26 Å². The first-order valence-corrected chi connectivity index (χ1v) is 15.9. The zero-order chi connectivity index (χ0) is 34.6. The van der Waals surface area contributed by atoms with Crippen molar-refractivity contribution in [2.24, 2.45) is 0 Å². The summed E-state index contributed by atoms with van der Waals surface area (Å²) < 4.78 is 26.3. The highest BCUT2D eigenvalue weighted by atomic mass is 19.1. The molecule has 254 valence electrons. The molecule has 0 radical (unpaired) electrons. The lowest BCUT2D eigenvalue weighted by Gasteiger charge is -2.41. The Labute approximate surface area is 279 Å². The Morgan fingerprint density at radius 1 is 1.08 bits per heavy atom. The van der Waals surface area contributed by atoms with E-state index in [9.17, 15) is 24.3 Å². The summed E-state index contributed by atoms with van der Waals surface area (Å²) in [6, 6.07) is 14.9. The number of nitriles is 1. The molecule has 0 unspecified atom stereocenters. The predicted octanol–water partition coefficient (Wildman–Crippen LogP) is 4.30. The second kappa shape index (κ2) is 14.4. The number of nitrogens with one attached hydrogen (secondary N) is 1. The molecule has 2 aliphatic heterocycles. The zero-order valence-electron chi connectivity index (χ0n) is 27.8. The highest BCUT2D eigenvalue weighted by Crippen LogP contribution is 2.29. The average molecular weight is 661 g/mol. The summed E-state index contributed by atoms with van der Waals surface area (Å²) in [4.78, 5) is 42.9. The van der Waals surface area contributed by atoms with Crippen molar-refractivity contribution in [3.8, 4) is 23.2 Å². The minimum Gasteiger partial charge on any atom is -0.486 e. The maximum Gasteiger partial charge on any atom is 0.410 e. The quantitative estimate of drug-likeness (QED) is 0.373. The third kappa shape index (κ3) is 8.27. The second-order valence-electron chi connectivity index (χ2n) is 13.0. The Kier molecular flexibility index (Phi) is 10.3. The molecule has 2 amide bonds. The number of aromatic nitrogens is 3. The molecule has 1 aromatic heterocycles. The summed E-state index contributed by atoms with van der Waals surface area (Å²) in [6.45, 7) is 10.9. The highest BCUT2D eigenvalue weighted by Gasteiger charge is 2.35. The molecule has 0 spiro atoms. The largest absolute Gasteiger partial charge is 0.486 e. The van der Waals surface area contributed by atoms with Gasteiger partial charge in [-0.05, 0) is 77.1 Å². The molecule has 2 fully saturated rings. The standard InChI is InChI=1S/C34H41FN8O5/c1-21-18-42(33(46)48-34(3,4)5)14-15-43(21)26-9-7-25(8-10-26)39-32-38-20-37-30(40-32)23-6-11-28(24(16-23)17-36)47-29-12-13-41(19-27(29)35)31(45)22(2)44/h6-11,16,20-22,27,29,44H,12-15,18-19H2,1-5H3,(H,37,38,39,40)/t21-,22-,27+,29-/m0/s1. The third-order valence-corrected chi connectivity index (χ3v) is 8.09. The molecule has 0 bridgehead atoms. The summed E-state index contributed by atoms with van der Waals surface area (Å²) in [6.07, 6.45) is -2.22. The van der Waals surface area contributed by atoms with Crippen molar-refractivity contribution in [3.63, 3.8) is 0 Å². The number of carbonyl (C=O) groups excluding carboxylic acids is 2. The van der Waals surface area contributed by atoms with Crippen molar-refractivity contribution in [1.82, 2.24) is 24.8 Å². The van der Waals surface area contributed by atoms with E-state index in [0.29, 0.717) is 37.0 Å². The van der Waals surface area contributed by atoms with Crippen LogP contribution < -0.4 is 15.0 Å². The third-order valence-electron chi connectivity index (χ3n) is 8.09. The number of carbonyl (C=O) groups is 2. The van der Waals surface area contributed by atoms with Crippen molar-refractivity contribution >= 4 is 29.3 Å². The topological polar surface area (TPSA) is 157 Å². The van der Waals surface area contributed by atoms with E-state index >= 15 is 0 Å². The number of piperazine rings is 1. The molecule has 2 aromatic carbocycles. The molecular formula is C34H41FN8O5. The van der Waals surface area contributed by atoms with Gasteiger partial charge in [-0.2, -0.15) is 10.2 Å². The Morgan fingerprint density at radius 2 is 1.83 bits per heavy atom. The van der Waals surface area contributed by atoms with E-state index in [-0.39, 0.29) is 43.0 Å². The maximum absolute atomic E-state index is 14.9. The number of nitrogens with zero attached hydrogens (tertiary/aromatic N) is 7. The number of hydrogen-bond donors (Lipinski definition) is 2. The summed E-state index contributed by atoms with van der Waals surface area (Å²) >= 11 is 0. The number of halogens is 1. The first-order chi connectivity index (χ1) is 22.8. The van der Waals surface area contributed by atoms with Crippen molar-refractivity contribution in [3.05, 3.63) is 54.4 Å². The molecule has 0 saturated carbocycles. The maximum atomic E-state index is 14.9. The minimum atomic E-state index is -1.48. The number of aliphatic hydroxyl groups is 1. The second-order valence-corrected chi connectivity index (χ2v) is 13.0. The predicted molar refractivity (Wildman–Crippen MR) is 177 cm³/mol. The van der Waals surface area contributed by atoms with Crippen LogP contribution in [0.1, 0.15) is 46.6 Å². The molecule has 3 heterocycles. The molecule has 2 N–H and O–H groups in total. The lowest BCUT2D eigenvalue weighted by Crippen LogP contribution is -2.54. The molecule has 5 rings (SSSR count). The van der Waals surface area contributed by atoms with Gasteiger partial charge < -0.3 is 34.6 Å². The Hall–Kier alpha value is -5.03. The summed E-state index contributed by atoms with van der Waals surface area (Å²) in [5.41, 5.74) is 1.99. The van der Waals surface area contributed by atoms with Crippen LogP contribution in [-0.4, -0.2) is 105 Å². The molecule has 13 nitrogen and oxygen atoms in total. The van der Waals surface area contributed by atoms with Crippen LogP contribution in [0.5, 0.6) is 5.75 Å². The fourth-order valence-electron chi connectivity index (χ4n) is 5.70. The monoisotopic (exact) mass is 660 g/mol. The Morgan fingerprint density at radius 3 is 2.48 bits per heavy atom. The molecule has 3 aromatic rings. The van der Waals surface area contributed by atoms with Gasteiger partial charge >= 0.3 is 6.09 Å². The van der Waals surface area contributed by atoms with Crippen LogP contribution in [0.3, 0.4) is 0 Å². The van der Waals surface area contributed by atoms with E-state index in [4.69, 9.17) is 9.47 Å². The number of alkyl halides is 1. The van der Waals surface area contributed by atoms with E-state index in [1.807, 2.05) is 45.0 Å². The molecule has 14 heteroatoms. The Balaban J connectivity index is 1.20. The number of aliphatic hydroxyl groups excluding tert-OH is 1. The van der Waals surface area contributed by atoms with E-state index in [0.717, 1.165) is 11.4 Å². The summed E-state index contributed by atoms with van der Waals surface area (Å²) in [5.74, 6) is 0.335. The number of benzene rings is 2. The number of hydrogen-bond acceptors (Lipinski definition) is 11. The SMILES string of the molecule is C[C@H](O)C(=O)N1CC[C@H](Oc2ccc(-c3ncnc(Nc4ccc(N5CCN(C(=O)OC(C)(C)C)C[C@@H]5C)cc4)n3)cc2C#N)[C@H](F)C1. The fourth-order valence-corrected chi connectivity index (χ4v) is 5.70. The fraction of sp³-hybridized carbons (Fsp3) is 0.471. The number of piperidine rings is 1. The van der Waals surface area contributed by atoms with Gasteiger partial charge in [-0.15, -0.1) is 0 Å². The number of amides is 2. The number of anilines is 3. The van der Waals surface area contributed by atoms with Gasteiger partial charge in [0.15, 0.2) is 12.0 Å². The molecule has 4 atom stereocenters. The molecule has 0 aliphatic carbocycles. The van der Waals surface area contributed by atoms with Crippen LogP contribution in [0.4, 0.5) is 26.5 Å². The van der Waals surface area contributed by atoms with Gasteiger partial charge in [0.25, 0.3) is 5.91 Å². The van der Waals surface area contributed by atoms with Gasteiger partial charge in [-0.1, -0.05) is 0 Å². The van der Waals surface area contributed by atoms with Gasteiger partial charge in [0.05, 0.1) is 12.1 Å². The van der Waals surface area contributed by atoms with Gasteiger partial charge in [-0.25, -0.2) is 19.2 Å². The molecule has 2 saturated heterocycles. The lowest BCUT2D eigenvalue weighted by atomic mass is 10.0. The van der Waals surface area contributed by atoms with Crippen LogP contribution in [0.15, 0.2) is 48.8 Å². The number of likely N-dealkylation sites (tertiary alicyclic amines) is 1. The smallest absolute Gasteiger partial charge is 0.410 e. The van der Waals surface area contributed by atoms with Crippen LogP contribution >= 0.6 is 0 Å². The van der Waals surface area contributed by atoms with Crippen LogP contribution in [0, 0.1) is 11.3 Å². The van der Waals surface area contributed by atoms with Crippen molar-refractivity contribution in [2.75, 3.05) is 42.9 Å². The zero-order valence-corrected chi connectivity index (χ0v) is 27.8. The molecular weight excluding hydrogens is 619 g/mol. The first-order valence-electron chi connectivity index (χ1n) is 15.9. The van der Waals surface area contributed by atoms with Crippen LogP contribution in [0.25, 0.3) is 11.4 Å². The number of ether oxygens (including phenoxy) is 2. The average Bonchev–Trinajstić information content (AvgIpc) is 3.05. The van der Waals surface area contributed by atoms with E-state index < -0.39 is 29.9 Å². The van der Waals surface area contributed by atoms with Gasteiger partial charge in [0.1, 0.15) is 36.0 Å². The van der Waals surface area contributed by atoms with E-state index in [1.54, 1.807) is 23.1 Å². The van der Waals surface area contributed by atoms with Gasteiger partial charge in [0.2, 0.25) is 5.95 Å². The van der Waals surface area contributed by atoms with Gasteiger partial charge in [-0.3, -0.25) is 4.79 Å². The Bertz CT molecular complexity index is 1660. The summed E-state index contributed by atoms with van der Waals surface area (Å²) in [5, 5.41) is 22.5. The van der Waals surface area contributed by atoms with Crippen LogP contribution in [0.2, 0.25) is 0 Å². The number of rotatable bonds is 7. The van der Waals surface area contributed by atoms with Crippen molar-refractivity contribution < 1.29 is 28.6 Å². The van der Waals surface area contributed by atoms with Crippen molar-refractivity contribution in [2.45, 2.75) is 71.1 Å².